The van der Waals surface area contributed by atoms with Gasteiger partial charge >= 0.3 is 0 Å². The van der Waals surface area contributed by atoms with Gasteiger partial charge in [0, 0.05) is 58.3 Å². The summed E-state index contributed by atoms with van der Waals surface area (Å²) in [7, 11) is 0. The number of allylic oxidation sites excluding steroid dienone is 3. The van der Waals surface area contributed by atoms with Gasteiger partial charge in [-0.2, -0.15) is 0 Å². The normalized spacial score (nSPS) is 23.1. The van der Waals surface area contributed by atoms with Crippen molar-refractivity contribution in [2.75, 3.05) is 0 Å². The number of nitrogens with zero attached hydrogens (tertiary/aromatic N) is 1. The molecule has 4 aliphatic rings. The average Bonchev–Trinajstić information content (AvgIpc) is 3.89. The third kappa shape index (κ3) is 4.71. The summed E-state index contributed by atoms with van der Waals surface area (Å²) in [4.78, 5) is 6.74. The van der Waals surface area contributed by atoms with Crippen molar-refractivity contribution in [3.63, 3.8) is 0 Å². The molecule has 0 saturated carbocycles. The maximum absolute atomic E-state index is 6.42. The molecule has 2 aromatic heterocycles. The molecule has 0 amide bonds. The standard InChI is InChI=1S/C45H33N3OS2/c1-2-11-26(12-3-1)43-46-44(27-23-24-29-28-13-4-6-21-37(28)49-38(29)25-27)48-45(47-43)36-20-10-19-35-34-18-9-17-33(41(34)51-42(35)36)32-16-8-15-31-30-14-5-7-22-39(30)50-40(31)32/h1-15,17-25,28,32,37,43,45,47H,16H2,(H,46,48). The van der Waals surface area contributed by atoms with E-state index in [4.69, 9.17) is 9.73 Å². The molecular formula is C45H33N3OS2. The fourth-order valence-corrected chi connectivity index (χ4v) is 11.2. The lowest BCUT2D eigenvalue weighted by molar-refractivity contribution is 0.269. The average molecular weight is 696 g/mol. The Labute approximate surface area is 304 Å². The van der Waals surface area contributed by atoms with Gasteiger partial charge in [0.15, 0.2) is 0 Å². The second-order valence-electron chi connectivity index (χ2n) is 13.8. The lowest BCUT2D eigenvalue weighted by atomic mass is 9.87. The monoisotopic (exact) mass is 695 g/mol. The molecule has 4 heterocycles. The molecule has 5 aromatic carbocycles. The highest BCUT2D eigenvalue weighted by molar-refractivity contribution is 7.26. The summed E-state index contributed by atoms with van der Waals surface area (Å²) >= 11 is 3.89. The van der Waals surface area contributed by atoms with Crippen LogP contribution in [0, 0.1) is 0 Å². The zero-order chi connectivity index (χ0) is 33.5. The Kier molecular flexibility index (Phi) is 6.72. The summed E-state index contributed by atoms with van der Waals surface area (Å²) in [6, 6.07) is 39.7. The van der Waals surface area contributed by atoms with Gasteiger partial charge in [0.1, 0.15) is 30.0 Å². The summed E-state index contributed by atoms with van der Waals surface area (Å²) in [5.74, 6) is 2.40. The Bertz CT molecular complexity index is 2650. The fourth-order valence-electron chi connectivity index (χ4n) is 8.43. The second kappa shape index (κ2) is 11.6. The Balaban J connectivity index is 1.01. The van der Waals surface area contributed by atoms with E-state index in [0.29, 0.717) is 5.92 Å². The summed E-state index contributed by atoms with van der Waals surface area (Å²) in [6.45, 7) is 0. The number of amidine groups is 1. The number of nitrogens with one attached hydrogen (secondary N) is 2. The molecule has 0 radical (unpaired) electrons. The molecule has 0 saturated heterocycles. The van der Waals surface area contributed by atoms with Crippen LogP contribution in [0.25, 0.3) is 36.3 Å². The third-order valence-corrected chi connectivity index (χ3v) is 13.5. The van der Waals surface area contributed by atoms with Crippen molar-refractivity contribution >= 4 is 64.8 Å². The van der Waals surface area contributed by atoms with E-state index in [-0.39, 0.29) is 24.4 Å². The Morgan fingerprint density at radius 1 is 0.706 bits per heavy atom. The van der Waals surface area contributed by atoms with Gasteiger partial charge in [-0.25, -0.2) is 4.99 Å². The van der Waals surface area contributed by atoms with Crippen LogP contribution in [0.2, 0.25) is 0 Å². The summed E-state index contributed by atoms with van der Waals surface area (Å²) in [5, 5.41) is 11.7. The van der Waals surface area contributed by atoms with E-state index >= 15 is 0 Å². The number of fused-ring (bicyclic) bond motifs is 9. The van der Waals surface area contributed by atoms with Crippen LogP contribution >= 0.6 is 22.7 Å². The van der Waals surface area contributed by atoms with Gasteiger partial charge in [-0.3, -0.25) is 5.32 Å². The van der Waals surface area contributed by atoms with Crippen molar-refractivity contribution in [2.45, 2.75) is 36.7 Å². The van der Waals surface area contributed by atoms with Crippen molar-refractivity contribution in [2.24, 2.45) is 4.99 Å². The van der Waals surface area contributed by atoms with Crippen molar-refractivity contribution < 1.29 is 4.74 Å². The summed E-state index contributed by atoms with van der Waals surface area (Å²) in [5.41, 5.74) is 7.45. The van der Waals surface area contributed by atoms with E-state index in [0.717, 1.165) is 29.1 Å². The molecular weight excluding hydrogens is 663 g/mol. The van der Waals surface area contributed by atoms with E-state index < -0.39 is 0 Å². The van der Waals surface area contributed by atoms with Crippen molar-refractivity contribution in [3.8, 4) is 5.75 Å². The Hall–Kier alpha value is -5.27. The molecule has 6 heteroatoms. The highest BCUT2D eigenvalue weighted by atomic mass is 32.1. The largest absolute Gasteiger partial charge is 0.485 e. The zero-order valence-corrected chi connectivity index (χ0v) is 29.3. The predicted octanol–water partition coefficient (Wildman–Crippen LogP) is 11.1. The fraction of sp³-hybridized carbons (Fsp3) is 0.133. The van der Waals surface area contributed by atoms with Crippen LogP contribution in [0.4, 0.5) is 0 Å². The van der Waals surface area contributed by atoms with Crippen LogP contribution in [0.5, 0.6) is 5.75 Å². The molecule has 0 spiro atoms. The first-order chi connectivity index (χ1) is 25.3. The summed E-state index contributed by atoms with van der Waals surface area (Å²) < 4.78 is 10.5. The Morgan fingerprint density at radius 3 is 2.39 bits per heavy atom. The van der Waals surface area contributed by atoms with Gasteiger partial charge in [-0.1, -0.05) is 127 Å². The van der Waals surface area contributed by atoms with Gasteiger partial charge in [0.25, 0.3) is 0 Å². The highest BCUT2D eigenvalue weighted by Gasteiger charge is 2.34. The number of thiophene rings is 2. The molecule has 2 aliphatic heterocycles. The first-order valence-corrected chi connectivity index (χ1v) is 19.3. The number of benzene rings is 5. The number of aliphatic imine (C=N–C) groups is 1. The molecule has 5 atom stereocenters. The summed E-state index contributed by atoms with van der Waals surface area (Å²) in [6.07, 6.45) is 14.0. The molecule has 2 aliphatic carbocycles. The molecule has 0 fully saturated rings. The molecule has 5 unspecified atom stereocenters. The van der Waals surface area contributed by atoms with Crippen LogP contribution in [0.15, 0.2) is 145 Å². The zero-order valence-electron chi connectivity index (χ0n) is 27.6. The van der Waals surface area contributed by atoms with Crippen molar-refractivity contribution in [1.82, 2.24) is 10.6 Å². The minimum absolute atomic E-state index is 0.0542. The second-order valence-corrected chi connectivity index (χ2v) is 15.9. The van der Waals surface area contributed by atoms with Crippen molar-refractivity contribution in [3.05, 3.63) is 178 Å². The molecule has 0 bridgehead atoms. The van der Waals surface area contributed by atoms with E-state index in [9.17, 15) is 0 Å². The lowest BCUT2D eigenvalue weighted by Gasteiger charge is -2.32. The highest BCUT2D eigenvalue weighted by Crippen LogP contribution is 2.49. The third-order valence-electron chi connectivity index (χ3n) is 10.9. The van der Waals surface area contributed by atoms with E-state index in [1.54, 1.807) is 0 Å². The number of rotatable bonds is 4. The minimum Gasteiger partial charge on any atom is -0.485 e. The van der Waals surface area contributed by atoms with Crippen LogP contribution < -0.4 is 15.4 Å². The maximum Gasteiger partial charge on any atom is 0.132 e. The molecule has 4 nitrogen and oxygen atoms in total. The first-order valence-electron chi connectivity index (χ1n) is 17.7. The SMILES string of the molecule is C1=CC2Oc3cc(C4=NC(c5ccccc5)NC(c5cccc6c5sc5c(C7CC=Cc8c7sc7ccccc87)cccc56)N4)ccc3C2C=C1. The van der Waals surface area contributed by atoms with E-state index in [2.05, 4.69) is 156 Å². The smallest absolute Gasteiger partial charge is 0.132 e. The van der Waals surface area contributed by atoms with Gasteiger partial charge < -0.3 is 10.1 Å². The topological polar surface area (TPSA) is 45.6 Å². The molecule has 7 aromatic rings. The van der Waals surface area contributed by atoms with Gasteiger partial charge in [0.05, 0.1) is 0 Å². The number of hydrogen-bond donors (Lipinski definition) is 2. The van der Waals surface area contributed by atoms with Crippen LogP contribution in [0.3, 0.4) is 0 Å². The van der Waals surface area contributed by atoms with Gasteiger partial charge in [-0.05, 0) is 46.7 Å². The van der Waals surface area contributed by atoms with Crippen LogP contribution in [-0.2, 0) is 0 Å². The first kappa shape index (κ1) is 29.5. The van der Waals surface area contributed by atoms with Gasteiger partial charge in [0.2, 0.25) is 0 Å². The molecule has 2 N–H and O–H groups in total. The van der Waals surface area contributed by atoms with Gasteiger partial charge in [-0.15, -0.1) is 22.7 Å². The lowest BCUT2D eigenvalue weighted by Crippen LogP contribution is -2.45. The van der Waals surface area contributed by atoms with E-state index in [1.807, 2.05) is 22.7 Å². The van der Waals surface area contributed by atoms with Crippen LogP contribution in [-0.4, -0.2) is 11.9 Å². The Morgan fingerprint density at radius 2 is 1.49 bits per heavy atom. The van der Waals surface area contributed by atoms with E-state index in [1.165, 1.54) is 57.4 Å². The molecule has 51 heavy (non-hydrogen) atoms. The number of hydrogen-bond acceptors (Lipinski definition) is 6. The molecule has 246 valence electrons. The number of ether oxygens (including phenoxy) is 1. The maximum atomic E-state index is 6.42. The quantitative estimate of drug-likeness (QED) is 0.193. The molecule has 11 rings (SSSR count). The minimum atomic E-state index is -0.212. The van der Waals surface area contributed by atoms with Crippen LogP contribution in [0.1, 0.15) is 68.8 Å². The van der Waals surface area contributed by atoms with Crippen molar-refractivity contribution in [1.29, 1.82) is 0 Å². The predicted molar refractivity (Wildman–Crippen MR) is 213 cm³/mol.